The lowest BCUT2D eigenvalue weighted by molar-refractivity contribution is -0.117. The van der Waals surface area contributed by atoms with Crippen LogP contribution in [-0.2, 0) is 16.1 Å². The van der Waals surface area contributed by atoms with E-state index in [0.717, 1.165) is 11.8 Å². The number of rotatable bonds is 10. The van der Waals surface area contributed by atoms with Gasteiger partial charge in [0.25, 0.3) is 5.56 Å². The van der Waals surface area contributed by atoms with E-state index < -0.39 is 11.9 Å². The standard InChI is InChI=1S/C24H28N4O5S/c1-16(2)33-14-6-13-28-22(30)19-7-4-5-8-20(19)26-24(28)34-15-21(29)27-23(31)25-17-9-11-18(32-3)12-10-17/h4-5,7-12,16H,6,13-15H2,1-3H3,(H2,25,27,29,31). The minimum absolute atomic E-state index is 0.0801. The molecular formula is C24H28N4O5S. The third kappa shape index (κ3) is 7.06. The van der Waals surface area contributed by atoms with Crippen LogP contribution in [0.4, 0.5) is 10.5 Å². The van der Waals surface area contributed by atoms with Crippen molar-refractivity contribution in [2.24, 2.45) is 0 Å². The van der Waals surface area contributed by atoms with Gasteiger partial charge in [-0.3, -0.25) is 19.5 Å². The van der Waals surface area contributed by atoms with E-state index in [4.69, 9.17) is 9.47 Å². The van der Waals surface area contributed by atoms with Crippen molar-refractivity contribution in [3.05, 3.63) is 58.9 Å². The van der Waals surface area contributed by atoms with Gasteiger partial charge in [0, 0.05) is 18.8 Å². The van der Waals surface area contributed by atoms with E-state index in [0.29, 0.717) is 47.1 Å². The molecule has 1 heterocycles. The number of hydrogen-bond acceptors (Lipinski definition) is 7. The number of carbonyl (C=O) groups excluding carboxylic acids is 2. The highest BCUT2D eigenvalue weighted by Crippen LogP contribution is 2.18. The first-order valence-electron chi connectivity index (χ1n) is 10.9. The van der Waals surface area contributed by atoms with Crippen LogP contribution in [0.5, 0.6) is 5.75 Å². The van der Waals surface area contributed by atoms with Gasteiger partial charge in [0.05, 0.1) is 29.9 Å². The molecule has 0 unspecified atom stereocenters. The molecule has 0 bridgehead atoms. The maximum Gasteiger partial charge on any atom is 0.325 e. The SMILES string of the molecule is COc1ccc(NC(=O)NC(=O)CSc2nc3ccccc3c(=O)n2CCCOC(C)C)cc1. The Kier molecular flexibility index (Phi) is 9.06. The Morgan fingerprint density at radius 2 is 1.85 bits per heavy atom. The molecule has 0 aliphatic heterocycles. The highest BCUT2D eigenvalue weighted by molar-refractivity contribution is 7.99. The van der Waals surface area contributed by atoms with E-state index in [-0.39, 0.29) is 17.4 Å². The van der Waals surface area contributed by atoms with Gasteiger partial charge in [-0.15, -0.1) is 0 Å². The first-order valence-corrected chi connectivity index (χ1v) is 11.8. The summed E-state index contributed by atoms with van der Waals surface area (Å²) < 4.78 is 12.2. The summed E-state index contributed by atoms with van der Waals surface area (Å²) in [4.78, 5) is 42.1. The monoisotopic (exact) mass is 484 g/mol. The minimum atomic E-state index is -0.648. The summed E-state index contributed by atoms with van der Waals surface area (Å²) in [5, 5.41) is 5.81. The third-order valence-corrected chi connectivity index (χ3v) is 5.71. The second kappa shape index (κ2) is 12.2. The Hall–Kier alpha value is -3.37. The van der Waals surface area contributed by atoms with Crippen molar-refractivity contribution in [1.29, 1.82) is 0 Å². The van der Waals surface area contributed by atoms with Crippen molar-refractivity contribution in [2.45, 2.75) is 38.1 Å². The van der Waals surface area contributed by atoms with Gasteiger partial charge in [0.1, 0.15) is 5.75 Å². The highest BCUT2D eigenvalue weighted by Gasteiger charge is 2.15. The number of benzene rings is 2. The summed E-state index contributed by atoms with van der Waals surface area (Å²) in [5.74, 6) is 0.0692. The van der Waals surface area contributed by atoms with Crippen LogP contribution in [0.3, 0.4) is 0 Å². The molecule has 0 aliphatic carbocycles. The summed E-state index contributed by atoms with van der Waals surface area (Å²) >= 11 is 1.10. The quantitative estimate of drug-likeness (QED) is 0.257. The van der Waals surface area contributed by atoms with E-state index in [1.807, 2.05) is 13.8 Å². The number of para-hydroxylation sites is 1. The second-order valence-corrected chi connectivity index (χ2v) is 8.60. The van der Waals surface area contributed by atoms with Crippen LogP contribution < -0.4 is 20.9 Å². The van der Waals surface area contributed by atoms with Crippen LogP contribution in [0.2, 0.25) is 0 Å². The number of nitrogens with one attached hydrogen (secondary N) is 2. The molecule has 0 radical (unpaired) electrons. The zero-order chi connectivity index (χ0) is 24.5. The Morgan fingerprint density at radius 3 is 2.56 bits per heavy atom. The lowest BCUT2D eigenvalue weighted by atomic mass is 10.2. The molecule has 9 nitrogen and oxygen atoms in total. The Morgan fingerprint density at radius 1 is 1.12 bits per heavy atom. The zero-order valence-corrected chi connectivity index (χ0v) is 20.2. The largest absolute Gasteiger partial charge is 0.497 e. The molecule has 0 aliphatic rings. The van der Waals surface area contributed by atoms with E-state index >= 15 is 0 Å². The lowest BCUT2D eigenvalue weighted by Crippen LogP contribution is -2.35. The average Bonchev–Trinajstić information content (AvgIpc) is 2.82. The number of nitrogens with zero attached hydrogens (tertiary/aromatic N) is 2. The van der Waals surface area contributed by atoms with Crippen LogP contribution in [0.1, 0.15) is 20.3 Å². The molecular weight excluding hydrogens is 456 g/mol. The normalized spacial score (nSPS) is 10.9. The average molecular weight is 485 g/mol. The predicted octanol–water partition coefficient (Wildman–Crippen LogP) is 3.66. The molecule has 34 heavy (non-hydrogen) atoms. The third-order valence-electron chi connectivity index (χ3n) is 4.74. The fraction of sp³-hybridized carbons (Fsp3) is 0.333. The van der Waals surface area contributed by atoms with Crippen molar-refractivity contribution >= 4 is 40.3 Å². The fourth-order valence-corrected chi connectivity index (χ4v) is 3.95. The molecule has 180 valence electrons. The number of fused-ring (bicyclic) bond motifs is 1. The van der Waals surface area contributed by atoms with Gasteiger partial charge in [-0.2, -0.15) is 0 Å². The van der Waals surface area contributed by atoms with Gasteiger partial charge in [-0.1, -0.05) is 23.9 Å². The highest BCUT2D eigenvalue weighted by atomic mass is 32.2. The Balaban J connectivity index is 1.65. The van der Waals surface area contributed by atoms with Gasteiger partial charge in [0.2, 0.25) is 5.91 Å². The van der Waals surface area contributed by atoms with Crippen molar-refractivity contribution in [2.75, 3.05) is 24.8 Å². The predicted molar refractivity (Wildman–Crippen MR) is 133 cm³/mol. The van der Waals surface area contributed by atoms with Crippen LogP contribution >= 0.6 is 11.8 Å². The first kappa shape index (κ1) is 25.3. The molecule has 2 N–H and O–H groups in total. The molecule has 2 aromatic carbocycles. The number of anilines is 1. The Bertz CT molecular complexity index is 1190. The zero-order valence-electron chi connectivity index (χ0n) is 19.4. The molecule has 0 atom stereocenters. The van der Waals surface area contributed by atoms with Gasteiger partial charge >= 0.3 is 6.03 Å². The van der Waals surface area contributed by atoms with Gasteiger partial charge in [-0.05, 0) is 56.7 Å². The van der Waals surface area contributed by atoms with Crippen molar-refractivity contribution in [3.8, 4) is 5.75 Å². The number of imide groups is 1. The summed E-state index contributed by atoms with van der Waals surface area (Å²) in [6.45, 7) is 4.82. The molecule has 3 rings (SSSR count). The molecule has 1 aromatic heterocycles. The molecule has 0 saturated heterocycles. The van der Waals surface area contributed by atoms with Crippen LogP contribution in [0, 0.1) is 0 Å². The Labute approximate surface area is 201 Å². The van der Waals surface area contributed by atoms with E-state index in [9.17, 15) is 14.4 Å². The number of carbonyl (C=O) groups is 2. The van der Waals surface area contributed by atoms with Gasteiger partial charge < -0.3 is 14.8 Å². The summed E-state index contributed by atoms with van der Waals surface area (Å²) in [5.41, 5.74) is 0.907. The molecule has 0 fully saturated rings. The smallest absolute Gasteiger partial charge is 0.325 e. The maximum absolute atomic E-state index is 13.0. The molecule has 10 heteroatoms. The number of urea groups is 1. The van der Waals surface area contributed by atoms with Crippen LogP contribution in [0.25, 0.3) is 10.9 Å². The second-order valence-electron chi connectivity index (χ2n) is 7.66. The molecule has 3 aromatic rings. The van der Waals surface area contributed by atoms with Crippen molar-refractivity contribution in [3.63, 3.8) is 0 Å². The lowest BCUT2D eigenvalue weighted by Gasteiger charge is -2.14. The number of aromatic nitrogens is 2. The van der Waals surface area contributed by atoms with Crippen molar-refractivity contribution < 1.29 is 19.1 Å². The van der Waals surface area contributed by atoms with E-state index in [1.54, 1.807) is 60.2 Å². The molecule has 0 spiro atoms. The first-order chi connectivity index (χ1) is 16.4. The summed E-state index contributed by atoms with van der Waals surface area (Å²) in [7, 11) is 1.55. The van der Waals surface area contributed by atoms with Crippen molar-refractivity contribution in [1.82, 2.24) is 14.9 Å². The molecule has 3 amide bonds. The van der Waals surface area contributed by atoms with Gasteiger partial charge in [0.15, 0.2) is 5.16 Å². The van der Waals surface area contributed by atoms with E-state index in [2.05, 4.69) is 15.6 Å². The summed E-state index contributed by atoms with van der Waals surface area (Å²) in [6.07, 6.45) is 0.732. The number of thioether (sulfide) groups is 1. The maximum atomic E-state index is 13.0. The van der Waals surface area contributed by atoms with Crippen LogP contribution in [-0.4, -0.2) is 47.1 Å². The summed E-state index contributed by atoms with van der Waals surface area (Å²) in [6, 6.07) is 13.2. The topological polar surface area (TPSA) is 112 Å². The number of amides is 3. The number of hydrogen-bond donors (Lipinski definition) is 2. The van der Waals surface area contributed by atoms with E-state index in [1.165, 1.54) is 0 Å². The van der Waals surface area contributed by atoms with Crippen LogP contribution in [0.15, 0.2) is 58.5 Å². The fourth-order valence-electron chi connectivity index (χ4n) is 3.13. The number of ether oxygens (including phenoxy) is 2. The van der Waals surface area contributed by atoms with Gasteiger partial charge in [-0.25, -0.2) is 9.78 Å². The number of methoxy groups -OCH3 is 1. The molecule has 0 saturated carbocycles. The minimum Gasteiger partial charge on any atom is -0.497 e.